The van der Waals surface area contributed by atoms with E-state index in [1.807, 2.05) is 12.1 Å². The van der Waals surface area contributed by atoms with Crippen LogP contribution in [0.5, 0.6) is 11.5 Å². The predicted octanol–water partition coefficient (Wildman–Crippen LogP) is 9.08. The third-order valence-corrected chi connectivity index (χ3v) is 7.04. The van der Waals surface area contributed by atoms with Crippen LogP contribution >= 0.6 is 54.5 Å². The van der Waals surface area contributed by atoms with Crippen LogP contribution in [0.25, 0.3) is 20.9 Å². The molecule has 4 rings (SSSR count). The highest BCUT2D eigenvalue weighted by molar-refractivity contribution is 9.10. The molecule has 0 fully saturated rings. The van der Waals surface area contributed by atoms with E-state index in [1.54, 1.807) is 22.7 Å². The molecule has 0 unspecified atom stereocenters. The Morgan fingerprint density at radius 2 is 1.07 bits per heavy atom. The number of ether oxygens (including phenoxy) is 1. The summed E-state index contributed by atoms with van der Waals surface area (Å²) in [6.45, 7) is 4.25. The van der Waals surface area contributed by atoms with Crippen LogP contribution in [0.1, 0.15) is 9.75 Å². The van der Waals surface area contributed by atoms with Crippen LogP contribution < -0.4 is 4.74 Å². The van der Waals surface area contributed by atoms with Crippen molar-refractivity contribution in [3.8, 4) is 32.4 Å². The second-order valence-electron chi connectivity index (χ2n) is 6.27. The summed E-state index contributed by atoms with van der Waals surface area (Å²) in [6, 6.07) is 21.0. The fourth-order valence-electron chi connectivity index (χ4n) is 2.84. The lowest BCUT2D eigenvalue weighted by molar-refractivity contribution is 0.482. The van der Waals surface area contributed by atoms with Crippen molar-refractivity contribution in [2.75, 3.05) is 0 Å². The first kappa shape index (κ1) is 18.9. The highest BCUT2D eigenvalue weighted by atomic mass is 79.9. The number of rotatable bonds is 4. The van der Waals surface area contributed by atoms with Crippen LogP contribution in [-0.2, 0) is 0 Å². The van der Waals surface area contributed by atoms with E-state index in [9.17, 15) is 0 Å². The van der Waals surface area contributed by atoms with Crippen molar-refractivity contribution < 1.29 is 4.74 Å². The van der Waals surface area contributed by atoms with Crippen molar-refractivity contribution in [1.29, 1.82) is 0 Å². The molecule has 2 heterocycles. The maximum Gasteiger partial charge on any atom is 0.129 e. The Bertz CT molecular complexity index is 1020. The molecule has 0 saturated heterocycles. The Kier molecular flexibility index (Phi) is 5.55. The fourth-order valence-corrected chi connectivity index (χ4v) is 5.50. The van der Waals surface area contributed by atoms with E-state index in [-0.39, 0.29) is 0 Å². The second-order valence-corrected chi connectivity index (χ2v) is 10.7. The average molecular weight is 520 g/mol. The van der Waals surface area contributed by atoms with Gasteiger partial charge in [0.05, 0.1) is 0 Å². The van der Waals surface area contributed by atoms with E-state index >= 15 is 0 Å². The van der Waals surface area contributed by atoms with Crippen LogP contribution in [-0.4, -0.2) is 0 Å². The van der Waals surface area contributed by atoms with Gasteiger partial charge in [-0.3, -0.25) is 0 Å². The molecule has 2 aromatic heterocycles. The average Bonchev–Trinajstić information content (AvgIpc) is 3.22. The number of hydrogen-bond acceptors (Lipinski definition) is 3. The van der Waals surface area contributed by atoms with Gasteiger partial charge < -0.3 is 4.74 Å². The summed E-state index contributed by atoms with van der Waals surface area (Å²) in [5, 5.41) is 0. The van der Waals surface area contributed by atoms with Gasteiger partial charge >= 0.3 is 0 Å². The number of aryl methyl sites for hydroxylation is 2. The van der Waals surface area contributed by atoms with Crippen LogP contribution in [0.2, 0.25) is 0 Å². The van der Waals surface area contributed by atoms with E-state index < -0.39 is 0 Å². The molecule has 27 heavy (non-hydrogen) atoms. The molecule has 1 nitrogen and oxygen atoms in total. The smallest absolute Gasteiger partial charge is 0.129 e. The van der Waals surface area contributed by atoms with Gasteiger partial charge in [-0.2, -0.15) is 0 Å². The molecule has 0 aliphatic heterocycles. The van der Waals surface area contributed by atoms with Crippen LogP contribution in [0.3, 0.4) is 0 Å². The zero-order valence-electron chi connectivity index (χ0n) is 14.8. The number of hydrogen-bond donors (Lipinski definition) is 0. The molecule has 0 aliphatic rings. The lowest BCUT2D eigenvalue weighted by Crippen LogP contribution is -1.87. The lowest BCUT2D eigenvalue weighted by Gasteiger charge is -2.10. The predicted molar refractivity (Wildman–Crippen MR) is 124 cm³/mol. The Hall–Kier alpha value is -1.40. The van der Waals surface area contributed by atoms with E-state index in [4.69, 9.17) is 4.74 Å². The van der Waals surface area contributed by atoms with E-state index in [1.165, 1.54) is 19.5 Å². The summed E-state index contributed by atoms with van der Waals surface area (Å²) < 4.78 is 8.24. The van der Waals surface area contributed by atoms with Gasteiger partial charge in [0.2, 0.25) is 0 Å². The minimum Gasteiger partial charge on any atom is -0.457 e. The van der Waals surface area contributed by atoms with Gasteiger partial charge in [-0.25, -0.2) is 0 Å². The maximum absolute atomic E-state index is 6.23. The van der Waals surface area contributed by atoms with Crippen molar-refractivity contribution in [3.63, 3.8) is 0 Å². The third-order valence-electron chi connectivity index (χ3n) is 4.03. The first-order valence-corrected chi connectivity index (χ1v) is 11.6. The summed E-state index contributed by atoms with van der Waals surface area (Å²) in [4.78, 5) is 5.08. The normalized spacial score (nSPS) is 11.0. The van der Waals surface area contributed by atoms with Gasteiger partial charge in [0, 0.05) is 28.5 Å². The first-order valence-electron chi connectivity index (χ1n) is 8.39. The molecule has 4 aromatic rings. The van der Waals surface area contributed by atoms with Crippen molar-refractivity contribution in [2.24, 2.45) is 0 Å². The maximum atomic E-state index is 6.23. The summed E-state index contributed by atoms with van der Waals surface area (Å²) in [7, 11) is 0. The monoisotopic (exact) mass is 518 g/mol. The molecular weight excluding hydrogens is 504 g/mol. The van der Waals surface area contributed by atoms with Crippen LogP contribution in [0, 0.1) is 13.8 Å². The molecule has 136 valence electrons. The summed E-state index contributed by atoms with van der Waals surface area (Å²) in [6.07, 6.45) is 0. The van der Waals surface area contributed by atoms with Crippen molar-refractivity contribution in [3.05, 3.63) is 79.4 Å². The SMILES string of the molecule is Cc1ccc(-c2cc(Br)cc(Oc3cc(Br)cc(-c4ccc(C)s4)c3)c2)s1. The molecule has 0 spiro atoms. The minimum absolute atomic E-state index is 0.817. The largest absolute Gasteiger partial charge is 0.457 e. The Balaban J connectivity index is 1.68. The summed E-state index contributed by atoms with van der Waals surface area (Å²) >= 11 is 10.8. The highest BCUT2D eigenvalue weighted by Crippen LogP contribution is 2.37. The van der Waals surface area contributed by atoms with Crippen molar-refractivity contribution >= 4 is 54.5 Å². The molecule has 2 aromatic carbocycles. The number of thiophene rings is 2. The minimum atomic E-state index is 0.817. The molecule has 0 radical (unpaired) electrons. The molecule has 0 aliphatic carbocycles. The molecule has 0 bridgehead atoms. The standard InChI is InChI=1S/C22H16Br2OS2/c1-13-3-5-21(26-13)15-7-17(23)11-19(9-15)25-20-10-16(8-18(24)12-20)22-6-4-14(2)27-22/h3-12H,1-2H3. The van der Waals surface area contributed by atoms with E-state index in [2.05, 4.69) is 94.2 Å². The van der Waals surface area contributed by atoms with Crippen molar-refractivity contribution in [2.45, 2.75) is 13.8 Å². The quantitative estimate of drug-likeness (QED) is 0.261. The Morgan fingerprint density at radius 3 is 1.44 bits per heavy atom. The molecule has 0 amide bonds. The summed E-state index contributed by atoms with van der Waals surface area (Å²) in [5.41, 5.74) is 2.31. The Morgan fingerprint density at radius 1 is 0.630 bits per heavy atom. The molecule has 0 atom stereocenters. The van der Waals surface area contributed by atoms with Gasteiger partial charge in [0.1, 0.15) is 11.5 Å². The van der Waals surface area contributed by atoms with Gasteiger partial charge in [-0.1, -0.05) is 31.9 Å². The molecule has 0 N–H and O–H groups in total. The molecular formula is C22H16Br2OS2. The van der Waals surface area contributed by atoms with Gasteiger partial charge in [-0.15, -0.1) is 22.7 Å². The first-order chi connectivity index (χ1) is 13.0. The van der Waals surface area contributed by atoms with Gasteiger partial charge in [-0.05, 0) is 85.6 Å². The van der Waals surface area contributed by atoms with E-state index in [0.29, 0.717) is 0 Å². The fraction of sp³-hybridized carbons (Fsp3) is 0.0909. The van der Waals surface area contributed by atoms with Crippen molar-refractivity contribution in [1.82, 2.24) is 0 Å². The van der Waals surface area contributed by atoms with E-state index in [0.717, 1.165) is 31.6 Å². The third kappa shape index (κ3) is 4.54. The van der Waals surface area contributed by atoms with Gasteiger partial charge in [0.15, 0.2) is 0 Å². The highest BCUT2D eigenvalue weighted by Gasteiger charge is 2.09. The number of halogens is 2. The number of benzene rings is 2. The topological polar surface area (TPSA) is 9.23 Å². The zero-order chi connectivity index (χ0) is 19.0. The van der Waals surface area contributed by atoms with Crippen LogP contribution in [0.4, 0.5) is 0 Å². The lowest BCUT2D eigenvalue weighted by atomic mass is 10.1. The zero-order valence-corrected chi connectivity index (χ0v) is 19.6. The Labute approximate surface area is 183 Å². The van der Waals surface area contributed by atoms with Crippen LogP contribution in [0.15, 0.2) is 69.6 Å². The summed E-state index contributed by atoms with van der Waals surface area (Å²) in [5.74, 6) is 1.63. The molecule has 0 saturated carbocycles. The van der Waals surface area contributed by atoms with Gasteiger partial charge in [0.25, 0.3) is 0 Å². The second kappa shape index (κ2) is 7.92. The molecule has 5 heteroatoms.